The molecule has 0 radical (unpaired) electrons. The number of nitrogens with one attached hydrogen (secondary N) is 2. The molecule has 4 rings (SSSR count). The highest BCUT2D eigenvalue weighted by Crippen LogP contribution is 2.39. The number of carbonyl (C=O) groups excluding carboxylic acids is 2. The Bertz CT molecular complexity index is 1150. The van der Waals surface area contributed by atoms with E-state index >= 15 is 0 Å². The summed E-state index contributed by atoms with van der Waals surface area (Å²) in [4.78, 5) is 25.4. The van der Waals surface area contributed by atoms with Gasteiger partial charge in [0, 0.05) is 5.56 Å². The van der Waals surface area contributed by atoms with Gasteiger partial charge in [-0.05, 0) is 48.7 Å². The summed E-state index contributed by atoms with van der Waals surface area (Å²) in [6.07, 6.45) is 0.547. The number of ether oxygens (including phenoxy) is 1. The molecule has 2 aromatic carbocycles. The second kappa shape index (κ2) is 8.22. The Balaban J connectivity index is 1.61. The molecule has 0 aliphatic carbocycles. The van der Waals surface area contributed by atoms with Crippen LogP contribution in [0.5, 0.6) is 5.75 Å². The lowest BCUT2D eigenvalue weighted by atomic mass is 10.0. The van der Waals surface area contributed by atoms with Crippen molar-refractivity contribution in [2.24, 2.45) is 0 Å². The molecule has 2 N–H and O–H groups in total. The van der Waals surface area contributed by atoms with Gasteiger partial charge in [-0.25, -0.2) is 9.07 Å². The van der Waals surface area contributed by atoms with Crippen LogP contribution in [-0.4, -0.2) is 28.7 Å². The summed E-state index contributed by atoms with van der Waals surface area (Å²) in [5.74, 6) is 0.102. The Morgan fingerprint density at radius 1 is 1.26 bits per heavy atom. The third kappa shape index (κ3) is 3.88. The molecule has 0 spiro atoms. The summed E-state index contributed by atoms with van der Waals surface area (Å²) in [5, 5.41) is 10.3. The highest BCUT2D eigenvalue weighted by molar-refractivity contribution is 6.04. The molecule has 0 saturated heterocycles. The van der Waals surface area contributed by atoms with E-state index in [-0.39, 0.29) is 24.1 Å². The van der Waals surface area contributed by atoms with Crippen molar-refractivity contribution in [3.05, 3.63) is 59.5 Å². The first-order chi connectivity index (χ1) is 14.9. The fraction of sp³-hybridized carbons (Fsp3) is 0.261. The Labute approximate surface area is 179 Å². The topological polar surface area (TPSA) is 85.2 Å². The van der Waals surface area contributed by atoms with Gasteiger partial charge in [0.1, 0.15) is 23.4 Å². The molecular weight excluding hydrogens is 399 g/mol. The zero-order valence-corrected chi connectivity index (χ0v) is 17.5. The van der Waals surface area contributed by atoms with Crippen LogP contribution >= 0.6 is 0 Å². The van der Waals surface area contributed by atoms with Crippen molar-refractivity contribution in [3.8, 4) is 16.9 Å². The molecule has 31 heavy (non-hydrogen) atoms. The highest BCUT2D eigenvalue weighted by atomic mass is 19.1. The van der Waals surface area contributed by atoms with Crippen molar-refractivity contribution < 1.29 is 18.7 Å². The second-order valence-corrected chi connectivity index (χ2v) is 7.44. The fourth-order valence-electron chi connectivity index (χ4n) is 3.78. The van der Waals surface area contributed by atoms with Crippen LogP contribution in [0.25, 0.3) is 11.1 Å². The minimum atomic E-state index is -0.773. The number of halogens is 1. The molecule has 8 heteroatoms. The van der Waals surface area contributed by atoms with Crippen molar-refractivity contribution in [3.63, 3.8) is 0 Å². The third-order valence-corrected chi connectivity index (χ3v) is 5.30. The van der Waals surface area contributed by atoms with Crippen LogP contribution in [0.15, 0.2) is 42.5 Å². The van der Waals surface area contributed by atoms with E-state index in [1.807, 2.05) is 26.0 Å². The number of aromatic nitrogens is 2. The van der Waals surface area contributed by atoms with Crippen molar-refractivity contribution in [2.45, 2.75) is 32.7 Å². The molecule has 0 fully saturated rings. The first kappa shape index (κ1) is 20.6. The zero-order chi connectivity index (χ0) is 22.1. The summed E-state index contributed by atoms with van der Waals surface area (Å²) in [6.45, 7) is 3.87. The summed E-state index contributed by atoms with van der Waals surface area (Å²) in [6, 6.07) is 10.8. The van der Waals surface area contributed by atoms with Gasteiger partial charge in [0.15, 0.2) is 0 Å². The number of rotatable bonds is 6. The summed E-state index contributed by atoms with van der Waals surface area (Å²) in [5.41, 5.74) is 3.80. The molecular formula is C23H23FN4O3. The molecule has 1 aromatic heterocycles. The van der Waals surface area contributed by atoms with E-state index in [4.69, 9.17) is 4.74 Å². The molecule has 160 valence electrons. The van der Waals surface area contributed by atoms with Gasteiger partial charge in [-0.15, -0.1) is 0 Å². The monoisotopic (exact) mass is 422 g/mol. The van der Waals surface area contributed by atoms with Gasteiger partial charge in [0.2, 0.25) is 5.91 Å². The van der Waals surface area contributed by atoms with Crippen molar-refractivity contribution in [2.75, 3.05) is 17.7 Å². The molecule has 0 saturated carbocycles. The van der Waals surface area contributed by atoms with Crippen LogP contribution in [0.3, 0.4) is 0 Å². The van der Waals surface area contributed by atoms with Crippen molar-refractivity contribution in [1.29, 1.82) is 0 Å². The normalized spacial score (nSPS) is 14.8. The van der Waals surface area contributed by atoms with Crippen molar-refractivity contribution in [1.82, 2.24) is 9.78 Å². The quantitative estimate of drug-likeness (QED) is 0.627. The summed E-state index contributed by atoms with van der Waals surface area (Å²) >= 11 is 0. The van der Waals surface area contributed by atoms with Crippen LogP contribution in [0, 0.1) is 12.7 Å². The van der Waals surface area contributed by atoms with Gasteiger partial charge in [0.25, 0.3) is 5.91 Å². The maximum absolute atomic E-state index is 13.4. The van der Waals surface area contributed by atoms with Gasteiger partial charge < -0.3 is 15.4 Å². The molecule has 7 nitrogen and oxygen atoms in total. The summed E-state index contributed by atoms with van der Waals surface area (Å²) < 4.78 is 20.2. The number of nitrogens with zero attached hydrogens (tertiary/aromatic N) is 2. The smallest absolute Gasteiger partial charge is 0.251 e. The number of methoxy groups -OCH3 is 1. The summed E-state index contributed by atoms with van der Waals surface area (Å²) in [7, 11) is 1.53. The molecule has 0 bridgehead atoms. The largest absolute Gasteiger partial charge is 0.495 e. The fourth-order valence-corrected chi connectivity index (χ4v) is 3.78. The number of fused-ring (bicyclic) bond motifs is 1. The number of benzene rings is 2. The lowest BCUT2D eigenvalue weighted by Gasteiger charge is -2.13. The number of amides is 2. The standard InChI is InChI=1S/C23H23FN4O3/c1-4-16-21(14-6-8-15(24)9-7-14)22-26-23(30)18(28(22)27-16)12-20(29)25-17-11-13(2)5-10-19(17)31-3/h5-11,18H,4,12H2,1-3H3,(H,25,29)(H,26,30). The minimum Gasteiger partial charge on any atom is -0.495 e. The Morgan fingerprint density at radius 3 is 2.68 bits per heavy atom. The average molecular weight is 422 g/mol. The van der Waals surface area contributed by atoms with Crippen LogP contribution in [0.1, 0.15) is 30.6 Å². The third-order valence-electron chi connectivity index (χ3n) is 5.30. The van der Waals surface area contributed by atoms with Gasteiger partial charge >= 0.3 is 0 Å². The van der Waals surface area contributed by atoms with Gasteiger partial charge in [-0.2, -0.15) is 5.10 Å². The van der Waals surface area contributed by atoms with E-state index in [9.17, 15) is 14.0 Å². The van der Waals surface area contributed by atoms with Crippen LogP contribution in [-0.2, 0) is 16.0 Å². The first-order valence-electron chi connectivity index (χ1n) is 10.0. The number of carbonyl (C=O) groups is 2. The number of anilines is 2. The van der Waals surface area contributed by atoms with E-state index in [2.05, 4.69) is 15.7 Å². The molecule has 1 unspecified atom stereocenters. The van der Waals surface area contributed by atoms with E-state index in [1.54, 1.807) is 22.9 Å². The van der Waals surface area contributed by atoms with E-state index < -0.39 is 6.04 Å². The number of hydrogen-bond acceptors (Lipinski definition) is 4. The van der Waals surface area contributed by atoms with Crippen LogP contribution < -0.4 is 15.4 Å². The predicted molar refractivity (Wildman–Crippen MR) is 116 cm³/mol. The van der Waals surface area contributed by atoms with Gasteiger partial charge in [0.05, 0.1) is 24.9 Å². The lowest BCUT2D eigenvalue weighted by Crippen LogP contribution is -2.24. The van der Waals surface area contributed by atoms with Gasteiger partial charge in [-0.1, -0.05) is 25.1 Å². The molecule has 2 heterocycles. The van der Waals surface area contributed by atoms with Crippen molar-refractivity contribution >= 4 is 23.3 Å². The van der Waals surface area contributed by atoms with E-state index in [1.165, 1.54) is 19.2 Å². The predicted octanol–water partition coefficient (Wildman–Crippen LogP) is 4.09. The molecule has 1 aliphatic rings. The highest BCUT2D eigenvalue weighted by Gasteiger charge is 2.36. The van der Waals surface area contributed by atoms with Gasteiger partial charge in [-0.3, -0.25) is 9.59 Å². The van der Waals surface area contributed by atoms with E-state index in [0.29, 0.717) is 23.7 Å². The maximum atomic E-state index is 13.4. The Kier molecular flexibility index (Phi) is 5.46. The van der Waals surface area contributed by atoms with Crippen LogP contribution in [0.4, 0.5) is 15.9 Å². The molecule has 1 aliphatic heterocycles. The van der Waals surface area contributed by atoms with Crippen LogP contribution in [0.2, 0.25) is 0 Å². The minimum absolute atomic E-state index is 0.0797. The Hall–Kier alpha value is -3.68. The molecule has 2 amide bonds. The lowest BCUT2D eigenvalue weighted by molar-refractivity contribution is -0.123. The maximum Gasteiger partial charge on any atom is 0.251 e. The number of hydrogen-bond donors (Lipinski definition) is 2. The zero-order valence-electron chi connectivity index (χ0n) is 17.5. The first-order valence-corrected chi connectivity index (χ1v) is 10.0. The number of aryl methyl sites for hydroxylation is 2. The molecule has 3 aromatic rings. The second-order valence-electron chi connectivity index (χ2n) is 7.44. The van der Waals surface area contributed by atoms with E-state index in [0.717, 1.165) is 22.4 Å². The molecule has 1 atom stereocenters. The SMILES string of the molecule is CCc1nn2c(c1-c1ccc(F)cc1)NC(=O)C2CC(=O)Nc1cc(C)ccc1OC. The Morgan fingerprint density at radius 2 is 2.00 bits per heavy atom. The average Bonchev–Trinajstić information content (AvgIpc) is 3.24.